The fourth-order valence-electron chi connectivity index (χ4n) is 10.8. The summed E-state index contributed by atoms with van der Waals surface area (Å²) < 4.78 is 45.0. The van der Waals surface area contributed by atoms with E-state index < -0.39 is 95.2 Å². The van der Waals surface area contributed by atoms with Crippen molar-refractivity contribution in [2.75, 3.05) is 6.61 Å². The van der Waals surface area contributed by atoms with Gasteiger partial charge in [-0.05, 0) is 103 Å². The monoisotopic (exact) mass is 844 g/mol. The van der Waals surface area contributed by atoms with Crippen LogP contribution >= 0.6 is 0 Å². The van der Waals surface area contributed by atoms with Gasteiger partial charge in [0, 0.05) is 42.0 Å². The molecule has 0 unspecified atom stereocenters. The summed E-state index contributed by atoms with van der Waals surface area (Å²) >= 11 is 0. The predicted molar refractivity (Wildman–Crippen MR) is 212 cm³/mol. The largest absolute Gasteiger partial charge is 1.00 e. The Labute approximate surface area is 374 Å². The molecule has 0 aromatic rings. The Morgan fingerprint density at radius 1 is 0.898 bits per heavy atom. The minimum Gasteiger partial charge on any atom is -0.550 e. The summed E-state index contributed by atoms with van der Waals surface area (Å²) in [5.41, 5.74) is -1.77. The van der Waals surface area contributed by atoms with E-state index in [2.05, 4.69) is 6.92 Å². The van der Waals surface area contributed by atoms with Gasteiger partial charge in [0.2, 0.25) is 5.79 Å². The molecule has 2 spiro atoms. The molecule has 4 fully saturated rings. The Morgan fingerprint density at radius 2 is 1.58 bits per heavy atom. The molecule has 0 aliphatic carbocycles. The predicted octanol–water partition coefficient (Wildman–Crippen LogP) is 3.04. The van der Waals surface area contributed by atoms with E-state index in [9.17, 15) is 29.7 Å². The molecule has 332 valence electrons. The van der Waals surface area contributed by atoms with Crippen molar-refractivity contribution in [2.45, 2.75) is 206 Å². The zero-order chi connectivity index (χ0) is 43.0. The van der Waals surface area contributed by atoms with Gasteiger partial charge in [0.05, 0.1) is 54.4 Å². The molecular weight excluding hydrogens is 771 g/mol. The second-order valence-corrected chi connectivity index (χ2v) is 18.7. The number of aliphatic hydroxyl groups is 2. The molecule has 0 bridgehead atoms. The number of carboxylic acid groups (broad SMARTS) is 1. The molecule has 4 saturated heterocycles. The van der Waals surface area contributed by atoms with Gasteiger partial charge in [-0.2, -0.15) is 0 Å². The summed E-state index contributed by atoms with van der Waals surface area (Å²) in [6.45, 7) is 21.2. The number of rotatable bonds is 14. The molecular formula is C45H73NaO13. The van der Waals surface area contributed by atoms with Crippen LogP contribution < -0.4 is 34.7 Å². The summed E-state index contributed by atoms with van der Waals surface area (Å²) in [6.07, 6.45) is 3.86. The van der Waals surface area contributed by atoms with E-state index in [1.165, 1.54) is 0 Å². The first-order valence-electron chi connectivity index (χ1n) is 22.3. The quantitative estimate of drug-likeness (QED) is 0.148. The smallest absolute Gasteiger partial charge is 0.550 e. The Balaban J connectivity index is 0.00000769. The molecule has 5 aliphatic rings. The maximum atomic E-state index is 14.6. The van der Waals surface area contributed by atoms with Crippen molar-refractivity contribution < 1.29 is 92.4 Å². The first kappa shape index (κ1) is 50.5. The maximum absolute atomic E-state index is 14.6. The standard InChI is InChI=1S/C45H74O13.Na/c1-12-31(40(48)49)33-17-16-25(5)38(54-33)29(9)36(46)28(8)37(47)32(13-2)39-26(6)24-27(7)44(56-39)21-19-35(55-41(50)52-15-4)45(58-44)23-22-42(11,57-45)34-18-20-43(51,14-3)30(10)53-34;/h19,21,25-36,38-39,46,51H,12-18,20,22-24H2,1-11H3,(H,48,49);/q;+1/p-1/t25-,26-,27+,28-,29-,30-,31+,32-,33+,34+,35+,36+,38+,39-,42-,43+,44-,45-;/m0./s1. The van der Waals surface area contributed by atoms with Crippen LogP contribution in [0, 0.1) is 41.4 Å². The van der Waals surface area contributed by atoms with Crippen LogP contribution in [0.15, 0.2) is 12.2 Å². The summed E-state index contributed by atoms with van der Waals surface area (Å²) in [4.78, 5) is 39.2. The van der Waals surface area contributed by atoms with Crippen LogP contribution in [0.3, 0.4) is 0 Å². The molecule has 5 rings (SSSR count). The number of ether oxygens (including phenoxy) is 7. The first-order valence-corrected chi connectivity index (χ1v) is 22.3. The van der Waals surface area contributed by atoms with Gasteiger partial charge in [0.1, 0.15) is 5.78 Å². The second kappa shape index (κ2) is 20.1. The molecule has 13 nitrogen and oxygen atoms in total. The van der Waals surface area contributed by atoms with E-state index >= 15 is 0 Å². The van der Waals surface area contributed by atoms with Gasteiger partial charge in [0.25, 0.3) is 0 Å². The van der Waals surface area contributed by atoms with Crippen LogP contribution in [0.2, 0.25) is 0 Å². The van der Waals surface area contributed by atoms with Crippen molar-refractivity contribution >= 4 is 17.9 Å². The molecule has 0 saturated carbocycles. The topological polar surface area (TPSA) is 179 Å². The van der Waals surface area contributed by atoms with E-state index in [4.69, 9.17) is 33.2 Å². The average Bonchev–Trinajstić information content (AvgIpc) is 3.52. The number of aliphatic hydroxyl groups excluding tert-OH is 1. The van der Waals surface area contributed by atoms with Crippen molar-refractivity contribution in [1.82, 2.24) is 0 Å². The maximum Gasteiger partial charge on any atom is 1.00 e. The number of carboxylic acids is 1. The molecule has 59 heavy (non-hydrogen) atoms. The first-order chi connectivity index (χ1) is 27.2. The van der Waals surface area contributed by atoms with Crippen LogP contribution in [0.25, 0.3) is 0 Å². The van der Waals surface area contributed by atoms with Crippen LogP contribution in [0.1, 0.15) is 140 Å². The van der Waals surface area contributed by atoms with E-state index in [1.54, 1.807) is 26.0 Å². The van der Waals surface area contributed by atoms with Crippen molar-refractivity contribution in [3.8, 4) is 0 Å². The van der Waals surface area contributed by atoms with Gasteiger partial charge >= 0.3 is 35.7 Å². The number of Topliss-reactive ketones (excluding diaryl/α,β-unsaturated/α-hetero) is 1. The molecule has 18 atom stereocenters. The third-order valence-corrected chi connectivity index (χ3v) is 14.9. The minimum absolute atomic E-state index is 0. The molecule has 2 N–H and O–H groups in total. The number of hydrogen-bond acceptors (Lipinski definition) is 13. The summed E-state index contributed by atoms with van der Waals surface area (Å²) in [5.74, 6) is -6.73. The van der Waals surface area contributed by atoms with Gasteiger partial charge in [-0.15, -0.1) is 0 Å². The summed E-state index contributed by atoms with van der Waals surface area (Å²) in [7, 11) is 0. The van der Waals surface area contributed by atoms with E-state index in [1.807, 2.05) is 55.4 Å². The zero-order valence-electron chi connectivity index (χ0n) is 37.9. The van der Waals surface area contributed by atoms with Gasteiger partial charge < -0.3 is 53.3 Å². The van der Waals surface area contributed by atoms with Gasteiger partial charge in [-0.25, -0.2) is 4.79 Å². The SMILES string of the molecule is CCOC(=O)O[C@@H]1C=C[C@]2(O[C@H]([C@@H](CC)C(=O)[C@@H](C)[C@@H](O)[C@H](C)[C@@H]3O[C@@H]([C@@H](CC)C(=O)[O-])CC[C@@H]3C)[C@@H](C)C[C@H]2C)O[C@@]12CC[C@@](C)([C@H]1CC[C@](O)(CC)[C@H](C)O1)O2.[Na+]. The number of aliphatic carboxylic acids is 1. The van der Waals surface area contributed by atoms with Gasteiger partial charge in [-0.1, -0.05) is 55.4 Å². The van der Waals surface area contributed by atoms with Crippen molar-refractivity contribution in [3.63, 3.8) is 0 Å². The number of carbonyl (C=O) groups is 3. The zero-order valence-corrected chi connectivity index (χ0v) is 39.9. The minimum atomic E-state index is -1.46. The molecule has 5 aliphatic heterocycles. The van der Waals surface area contributed by atoms with Crippen LogP contribution in [-0.2, 0) is 42.7 Å². The molecule has 0 aromatic heterocycles. The number of ketones is 1. The van der Waals surface area contributed by atoms with Crippen LogP contribution in [0.5, 0.6) is 0 Å². The van der Waals surface area contributed by atoms with Crippen molar-refractivity contribution in [3.05, 3.63) is 12.2 Å². The average molecular weight is 845 g/mol. The third kappa shape index (κ3) is 10.2. The molecule has 0 radical (unpaired) electrons. The van der Waals surface area contributed by atoms with Crippen molar-refractivity contribution in [2.24, 2.45) is 41.4 Å². The van der Waals surface area contributed by atoms with Crippen molar-refractivity contribution in [1.29, 1.82) is 0 Å². The normalized spacial score (nSPS) is 42.3. The van der Waals surface area contributed by atoms with Gasteiger partial charge in [0.15, 0.2) is 11.9 Å². The summed E-state index contributed by atoms with van der Waals surface area (Å²) in [5, 5.41) is 34.8. The summed E-state index contributed by atoms with van der Waals surface area (Å²) in [6, 6.07) is 0. The number of carbonyl (C=O) groups excluding carboxylic acids is 3. The fourth-order valence-corrected chi connectivity index (χ4v) is 10.8. The van der Waals surface area contributed by atoms with E-state index in [-0.39, 0.29) is 65.8 Å². The Hall–Kier alpha value is -1.13. The second-order valence-electron chi connectivity index (χ2n) is 18.7. The molecule has 0 amide bonds. The fraction of sp³-hybridized carbons (Fsp3) is 0.889. The molecule has 0 aromatic carbocycles. The van der Waals surface area contributed by atoms with Crippen LogP contribution in [0.4, 0.5) is 4.79 Å². The van der Waals surface area contributed by atoms with Gasteiger partial charge in [-0.3, -0.25) is 4.79 Å². The van der Waals surface area contributed by atoms with Crippen LogP contribution in [-0.4, -0.2) is 100 Å². The Morgan fingerprint density at radius 3 is 2.17 bits per heavy atom. The Kier molecular flexibility index (Phi) is 17.2. The number of hydrogen-bond donors (Lipinski definition) is 2. The Bertz CT molecular complexity index is 1480. The molecule has 14 heteroatoms. The van der Waals surface area contributed by atoms with E-state index in [0.717, 1.165) is 6.42 Å². The third-order valence-electron chi connectivity index (χ3n) is 14.9. The molecule has 5 heterocycles. The van der Waals surface area contributed by atoms with E-state index in [0.29, 0.717) is 57.8 Å².